The molecule has 4 rings (SSSR count). The number of carbonyl (C=O) groups is 3. The first-order chi connectivity index (χ1) is 14.1. The molecule has 1 aliphatic carbocycles. The van der Waals surface area contributed by atoms with Crippen molar-refractivity contribution in [1.29, 1.82) is 0 Å². The van der Waals surface area contributed by atoms with Crippen LogP contribution >= 0.6 is 0 Å². The Morgan fingerprint density at radius 1 is 1.17 bits per heavy atom. The van der Waals surface area contributed by atoms with Gasteiger partial charge in [-0.15, -0.1) is 5.10 Å². The molecular formula is C20H24N6O3. The average molecular weight is 396 g/mol. The summed E-state index contributed by atoms with van der Waals surface area (Å²) in [5.74, 6) is 0.384. The van der Waals surface area contributed by atoms with Gasteiger partial charge in [0.05, 0.1) is 17.7 Å². The lowest BCUT2D eigenvalue weighted by atomic mass is 10.0. The van der Waals surface area contributed by atoms with E-state index >= 15 is 0 Å². The number of hydrogen-bond donors (Lipinski definition) is 4. The predicted molar refractivity (Wildman–Crippen MR) is 106 cm³/mol. The third-order valence-electron chi connectivity index (χ3n) is 5.49. The maximum absolute atomic E-state index is 12.4. The topological polar surface area (TPSA) is 129 Å². The monoisotopic (exact) mass is 396 g/mol. The van der Waals surface area contributed by atoms with Crippen molar-refractivity contribution in [1.82, 2.24) is 20.5 Å². The Bertz CT molecular complexity index is 918. The van der Waals surface area contributed by atoms with Crippen molar-refractivity contribution in [2.75, 3.05) is 10.6 Å². The maximum atomic E-state index is 12.4. The molecule has 2 aliphatic rings. The Balaban J connectivity index is 1.31. The van der Waals surface area contributed by atoms with Gasteiger partial charge in [0, 0.05) is 6.42 Å². The van der Waals surface area contributed by atoms with Gasteiger partial charge in [-0.3, -0.25) is 24.8 Å². The summed E-state index contributed by atoms with van der Waals surface area (Å²) < 4.78 is 0. The van der Waals surface area contributed by atoms with Gasteiger partial charge in [-0.1, -0.05) is 37.8 Å². The van der Waals surface area contributed by atoms with Crippen molar-refractivity contribution >= 4 is 29.4 Å². The average Bonchev–Trinajstić information content (AvgIpc) is 3.35. The summed E-state index contributed by atoms with van der Waals surface area (Å²) in [7, 11) is 0. The zero-order valence-corrected chi connectivity index (χ0v) is 16.0. The molecule has 0 spiro atoms. The van der Waals surface area contributed by atoms with E-state index in [1.54, 1.807) is 24.3 Å². The number of nitrogens with zero attached hydrogens (tertiary/aromatic N) is 2. The van der Waals surface area contributed by atoms with E-state index in [0.29, 0.717) is 11.3 Å². The fourth-order valence-electron chi connectivity index (χ4n) is 3.92. The van der Waals surface area contributed by atoms with Crippen molar-refractivity contribution in [3.05, 3.63) is 35.7 Å². The molecule has 1 aliphatic heterocycles. The highest BCUT2D eigenvalue weighted by Gasteiger charge is 2.29. The van der Waals surface area contributed by atoms with Crippen LogP contribution in [0, 0.1) is 5.92 Å². The van der Waals surface area contributed by atoms with Crippen molar-refractivity contribution in [3.8, 4) is 0 Å². The summed E-state index contributed by atoms with van der Waals surface area (Å²) in [5, 5.41) is 14.7. The first-order valence-corrected chi connectivity index (χ1v) is 10.0. The van der Waals surface area contributed by atoms with Crippen LogP contribution < -0.4 is 16.0 Å². The van der Waals surface area contributed by atoms with Crippen molar-refractivity contribution < 1.29 is 14.4 Å². The molecule has 152 valence electrons. The highest BCUT2D eigenvalue weighted by atomic mass is 16.2. The normalized spacial score (nSPS) is 19.2. The van der Waals surface area contributed by atoms with Gasteiger partial charge in [0.1, 0.15) is 11.9 Å². The number of H-pyrrole nitrogens is 1. The third kappa shape index (κ3) is 4.61. The van der Waals surface area contributed by atoms with Crippen molar-refractivity contribution in [2.45, 2.75) is 51.0 Å². The second kappa shape index (κ2) is 8.42. The SMILES string of the molecule is O=C(CC1NC(=O)c2ccccc2NC1=O)Nc1n[nH]c(CCC2CCCC2)n1. The molecule has 3 amide bonds. The molecule has 1 fully saturated rings. The summed E-state index contributed by atoms with van der Waals surface area (Å²) in [6.07, 6.45) is 6.81. The lowest BCUT2D eigenvalue weighted by Gasteiger charge is -2.13. The number of amides is 3. The van der Waals surface area contributed by atoms with Gasteiger partial charge < -0.3 is 10.6 Å². The molecule has 0 bridgehead atoms. The predicted octanol–water partition coefficient (Wildman–Crippen LogP) is 2.01. The number of nitrogens with one attached hydrogen (secondary N) is 4. The molecule has 1 aromatic heterocycles. The van der Waals surface area contributed by atoms with Crippen LogP contribution in [0.2, 0.25) is 0 Å². The molecule has 9 nitrogen and oxygen atoms in total. The summed E-state index contributed by atoms with van der Waals surface area (Å²) >= 11 is 0. The Morgan fingerprint density at radius 3 is 2.79 bits per heavy atom. The van der Waals surface area contributed by atoms with Crippen LogP contribution in [0.3, 0.4) is 0 Å². The highest BCUT2D eigenvalue weighted by Crippen LogP contribution is 2.28. The lowest BCUT2D eigenvalue weighted by molar-refractivity contribution is -0.122. The number of aromatic nitrogens is 3. The van der Waals surface area contributed by atoms with E-state index in [-0.39, 0.29) is 12.4 Å². The summed E-state index contributed by atoms with van der Waals surface area (Å²) in [6, 6.07) is 5.73. The second-order valence-corrected chi connectivity index (χ2v) is 7.61. The fraction of sp³-hybridized carbons (Fsp3) is 0.450. The number of aromatic amines is 1. The van der Waals surface area contributed by atoms with E-state index in [4.69, 9.17) is 0 Å². The number of carbonyl (C=O) groups excluding carboxylic acids is 3. The van der Waals surface area contributed by atoms with Crippen LogP contribution in [-0.2, 0) is 16.0 Å². The van der Waals surface area contributed by atoms with Crippen molar-refractivity contribution in [3.63, 3.8) is 0 Å². The van der Waals surface area contributed by atoms with Gasteiger partial charge in [-0.25, -0.2) is 0 Å². The smallest absolute Gasteiger partial charge is 0.254 e. The van der Waals surface area contributed by atoms with Crippen LogP contribution in [0.4, 0.5) is 11.6 Å². The summed E-state index contributed by atoms with van der Waals surface area (Å²) in [6.45, 7) is 0. The molecule has 1 unspecified atom stereocenters. The number of para-hydroxylation sites is 1. The van der Waals surface area contributed by atoms with Crippen LogP contribution in [0.1, 0.15) is 54.7 Å². The molecule has 2 heterocycles. The van der Waals surface area contributed by atoms with E-state index < -0.39 is 23.8 Å². The largest absolute Gasteiger partial charge is 0.340 e. The molecular weight excluding hydrogens is 372 g/mol. The molecule has 0 radical (unpaired) electrons. The Hall–Kier alpha value is -3.23. The third-order valence-corrected chi connectivity index (χ3v) is 5.49. The number of aryl methyl sites for hydroxylation is 1. The molecule has 1 saturated carbocycles. The molecule has 2 aromatic rings. The standard InChI is InChI=1S/C20H24N6O3/c27-17(24-20-23-16(25-26-20)10-9-12-5-1-2-6-12)11-15-19(29)21-14-8-4-3-7-13(14)18(28)22-15/h3-4,7-8,12,15H,1-2,5-6,9-11H2,(H,21,29)(H,22,28)(H2,23,24,25,26,27). The minimum Gasteiger partial charge on any atom is -0.340 e. The Kier molecular flexibility index (Phi) is 5.55. The van der Waals surface area contributed by atoms with Crippen LogP contribution in [-0.4, -0.2) is 38.9 Å². The maximum Gasteiger partial charge on any atom is 0.254 e. The minimum atomic E-state index is -0.976. The number of anilines is 2. The molecule has 0 saturated heterocycles. The zero-order valence-electron chi connectivity index (χ0n) is 16.0. The molecule has 4 N–H and O–H groups in total. The van der Waals surface area contributed by atoms with Gasteiger partial charge in [0.25, 0.3) is 5.91 Å². The summed E-state index contributed by atoms with van der Waals surface area (Å²) in [5.41, 5.74) is 0.795. The van der Waals surface area contributed by atoms with E-state index in [0.717, 1.165) is 24.6 Å². The Labute approximate surface area is 168 Å². The molecule has 9 heteroatoms. The van der Waals surface area contributed by atoms with Gasteiger partial charge in [0.2, 0.25) is 17.8 Å². The van der Waals surface area contributed by atoms with Crippen molar-refractivity contribution in [2.24, 2.45) is 5.92 Å². The second-order valence-electron chi connectivity index (χ2n) is 7.61. The van der Waals surface area contributed by atoms with E-state index in [9.17, 15) is 14.4 Å². The van der Waals surface area contributed by atoms with Crippen LogP contribution in [0.25, 0.3) is 0 Å². The molecule has 1 atom stereocenters. The van der Waals surface area contributed by atoms with E-state index in [1.165, 1.54) is 25.7 Å². The fourth-order valence-corrected chi connectivity index (χ4v) is 3.92. The van der Waals surface area contributed by atoms with Crippen LogP contribution in [0.5, 0.6) is 0 Å². The quantitative estimate of drug-likeness (QED) is 0.594. The first-order valence-electron chi connectivity index (χ1n) is 10.0. The zero-order chi connectivity index (χ0) is 20.2. The number of rotatable bonds is 6. The van der Waals surface area contributed by atoms with Gasteiger partial charge in [0.15, 0.2) is 0 Å². The van der Waals surface area contributed by atoms with Gasteiger partial charge in [-0.05, 0) is 24.5 Å². The molecule has 1 aromatic carbocycles. The van der Waals surface area contributed by atoms with Crippen LogP contribution in [0.15, 0.2) is 24.3 Å². The number of hydrogen-bond acceptors (Lipinski definition) is 5. The van der Waals surface area contributed by atoms with Gasteiger partial charge in [-0.2, -0.15) is 4.98 Å². The Morgan fingerprint density at radius 2 is 1.97 bits per heavy atom. The lowest BCUT2D eigenvalue weighted by Crippen LogP contribution is -2.43. The number of fused-ring (bicyclic) bond motifs is 1. The van der Waals surface area contributed by atoms with Gasteiger partial charge >= 0.3 is 0 Å². The van der Waals surface area contributed by atoms with E-state index in [1.807, 2.05) is 0 Å². The minimum absolute atomic E-state index is 0.181. The number of benzene rings is 1. The highest BCUT2D eigenvalue weighted by molar-refractivity contribution is 6.11. The van der Waals surface area contributed by atoms with E-state index in [2.05, 4.69) is 31.1 Å². The molecule has 29 heavy (non-hydrogen) atoms. The summed E-state index contributed by atoms with van der Waals surface area (Å²) in [4.78, 5) is 41.4. The first kappa shape index (κ1) is 19.1.